The van der Waals surface area contributed by atoms with Crippen LogP contribution in [0.15, 0.2) is 12.1 Å². The molecule has 88 valence electrons. The summed E-state index contributed by atoms with van der Waals surface area (Å²) in [6, 6.07) is 1.69. The minimum absolute atomic E-state index is 0.0260. The summed E-state index contributed by atoms with van der Waals surface area (Å²) in [4.78, 5) is 11.7. The molecule has 0 aromatic heterocycles. The third kappa shape index (κ3) is 2.30. The Bertz CT molecular complexity index is 404. The lowest BCUT2D eigenvalue weighted by Gasteiger charge is -2.12. The van der Waals surface area contributed by atoms with E-state index in [2.05, 4.69) is 0 Å². The number of methoxy groups -OCH3 is 2. The van der Waals surface area contributed by atoms with Crippen molar-refractivity contribution in [2.24, 2.45) is 5.73 Å². The Balaban J connectivity index is 3.28. The van der Waals surface area contributed by atoms with Gasteiger partial charge in [0.15, 0.2) is 17.3 Å². The normalized spacial score (nSPS) is 12.1. The number of hydrogen-bond acceptors (Lipinski definition) is 4. The smallest absolute Gasteiger partial charge is 0.183 e. The highest BCUT2D eigenvalue weighted by molar-refractivity contribution is 6.02. The maximum absolute atomic E-state index is 13.4. The lowest BCUT2D eigenvalue weighted by molar-refractivity contribution is 0.0964. The van der Waals surface area contributed by atoms with Crippen LogP contribution in [-0.2, 0) is 0 Å². The molecule has 0 heterocycles. The maximum Gasteiger partial charge on any atom is 0.183 e. The van der Waals surface area contributed by atoms with Crippen LogP contribution in [0.25, 0.3) is 0 Å². The van der Waals surface area contributed by atoms with Crippen molar-refractivity contribution in [1.29, 1.82) is 0 Å². The molecule has 0 radical (unpaired) electrons. The summed E-state index contributed by atoms with van der Waals surface area (Å²) in [6.07, 6.45) is 0. The number of ketones is 1. The third-order valence-corrected chi connectivity index (χ3v) is 2.15. The highest BCUT2D eigenvalue weighted by Crippen LogP contribution is 2.28. The zero-order valence-electron chi connectivity index (χ0n) is 9.41. The molecule has 0 aliphatic heterocycles. The summed E-state index contributed by atoms with van der Waals surface area (Å²) in [7, 11) is 2.73. The van der Waals surface area contributed by atoms with Crippen molar-refractivity contribution >= 4 is 5.78 Å². The molecule has 0 amide bonds. The van der Waals surface area contributed by atoms with Crippen LogP contribution in [0.4, 0.5) is 4.39 Å². The van der Waals surface area contributed by atoms with Gasteiger partial charge in [0, 0.05) is 6.07 Å². The molecule has 1 atom stereocenters. The molecular formula is C11H14FNO3. The summed E-state index contributed by atoms with van der Waals surface area (Å²) in [5.74, 6) is -0.718. The van der Waals surface area contributed by atoms with Crippen molar-refractivity contribution in [3.63, 3.8) is 0 Å². The van der Waals surface area contributed by atoms with Crippen LogP contribution in [0.3, 0.4) is 0 Å². The fourth-order valence-corrected chi connectivity index (χ4v) is 1.30. The van der Waals surface area contributed by atoms with Gasteiger partial charge in [0.1, 0.15) is 5.75 Å². The fraction of sp³-hybridized carbons (Fsp3) is 0.364. The number of ether oxygens (including phenoxy) is 2. The van der Waals surface area contributed by atoms with E-state index in [4.69, 9.17) is 15.2 Å². The van der Waals surface area contributed by atoms with Gasteiger partial charge in [-0.25, -0.2) is 4.39 Å². The van der Waals surface area contributed by atoms with Gasteiger partial charge in [-0.05, 0) is 13.0 Å². The Morgan fingerprint density at radius 1 is 1.31 bits per heavy atom. The van der Waals surface area contributed by atoms with Crippen LogP contribution in [0.5, 0.6) is 11.5 Å². The second kappa shape index (κ2) is 4.94. The maximum atomic E-state index is 13.4. The standard InChI is InChI=1S/C11H14FNO3/c1-6(13)11(14)7-4-8(12)10(16-3)5-9(7)15-2/h4-6H,13H2,1-3H3. The molecular weight excluding hydrogens is 213 g/mol. The zero-order valence-corrected chi connectivity index (χ0v) is 9.41. The van der Waals surface area contributed by atoms with Gasteiger partial charge in [-0.2, -0.15) is 0 Å². The van der Waals surface area contributed by atoms with Crippen molar-refractivity contribution in [1.82, 2.24) is 0 Å². The van der Waals surface area contributed by atoms with E-state index in [1.165, 1.54) is 27.2 Å². The number of halogens is 1. The van der Waals surface area contributed by atoms with Crippen molar-refractivity contribution in [3.8, 4) is 11.5 Å². The first kappa shape index (κ1) is 12.4. The molecule has 0 spiro atoms. The number of hydrogen-bond donors (Lipinski definition) is 1. The summed E-state index contributed by atoms with van der Waals surface area (Å²) in [5, 5.41) is 0. The zero-order chi connectivity index (χ0) is 12.3. The highest BCUT2D eigenvalue weighted by atomic mass is 19.1. The lowest BCUT2D eigenvalue weighted by Crippen LogP contribution is -2.27. The Labute approximate surface area is 93.2 Å². The van der Waals surface area contributed by atoms with Crippen LogP contribution in [-0.4, -0.2) is 26.0 Å². The second-order valence-electron chi connectivity index (χ2n) is 3.34. The van der Waals surface area contributed by atoms with Crippen LogP contribution in [0, 0.1) is 5.82 Å². The van der Waals surface area contributed by atoms with E-state index in [1.807, 2.05) is 0 Å². The van der Waals surface area contributed by atoms with Crippen LogP contribution >= 0.6 is 0 Å². The average Bonchev–Trinajstić information content (AvgIpc) is 2.27. The van der Waals surface area contributed by atoms with E-state index in [-0.39, 0.29) is 22.8 Å². The van der Waals surface area contributed by atoms with Crippen molar-refractivity contribution in [2.75, 3.05) is 14.2 Å². The number of carbonyl (C=O) groups excluding carboxylic acids is 1. The first-order valence-corrected chi connectivity index (χ1v) is 4.72. The molecule has 1 unspecified atom stereocenters. The van der Waals surface area contributed by atoms with Gasteiger partial charge in [-0.1, -0.05) is 0 Å². The first-order chi connectivity index (χ1) is 7.51. The third-order valence-electron chi connectivity index (χ3n) is 2.15. The Morgan fingerprint density at radius 2 is 1.88 bits per heavy atom. The van der Waals surface area contributed by atoms with E-state index in [1.54, 1.807) is 0 Å². The van der Waals surface area contributed by atoms with Gasteiger partial charge >= 0.3 is 0 Å². The summed E-state index contributed by atoms with van der Waals surface area (Å²) < 4.78 is 23.2. The van der Waals surface area contributed by atoms with Crippen LogP contribution in [0.2, 0.25) is 0 Å². The van der Waals surface area contributed by atoms with Gasteiger partial charge in [0.2, 0.25) is 0 Å². The SMILES string of the molecule is COc1cc(OC)c(C(=O)C(C)N)cc1F. The minimum Gasteiger partial charge on any atom is -0.496 e. The monoisotopic (exact) mass is 227 g/mol. The predicted octanol–water partition coefficient (Wildman–Crippen LogP) is 1.37. The molecule has 5 heteroatoms. The van der Waals surface area contributed by atoms with Gasteiger partial charge in [-0.15, -0.1) is 0 Å². The second-order valence-corrected chi connectivity index (χ2v) is 3.34. The number of carbonyl (C=O) groups is 1. The Morgan fingerprint density at radius 3 is 2.31 bits per heavy atom. The van der Waals surface area contributed by atoms with Crippen LogP contribution in [0.1, 0.15) is 17.3 Å². The largest absolute Gasteiger partial charge is 0.496 e. The van der Waals surface area contributed by atoms with Gasteiger partial charge in [0.25, 0.3) is 0 Å². The average molecular weight is 227 g/mol. The number of rotatable bonds is 4. The molecule has 0 saturated carbocycles. The molecule has 1 aromatic rings. The molecule has 0 aliphatic rings. The van der Waals surface area contributed by atoms with Crippen LogP contribution < -0.4 is 15.2 Å². The fourth-order valence-electron chi connectivity index (χ4n) is 1.30. The first-order valence-electron chi connectivity index (χ1n) is 4.72. The van der Waals surface area contributed by atoms with E-state index in [9.17, 15) is 9.18 Å². The van der Waals surface area contributed by atoms with Crippen molar-refractivity contribution < 1.29 is 18.7 Å². The topological polar surface area (TPSA) is 61.5 Å². The van der Waals surface area contributed by atoms with Crippen molar-refractivity contribution in [2.45, 2.75) is 13.0 Å². The number of benzene rings is 1. The molecule has 0 bridgehead atoms. The molecule has 0 fully saturated rings. The minimum atomic E-state index is -0.707. The Kier molecular flexibility index (Phi) is 3.84. The predicted molar refractivity (Wildman–Crippen MR) is 57.5 cm³/mol. The molecule has 2 N–H and O–H groups in total. The molecule has 0 saturated heterocycles. The molecule has 1 rings (SSSR count). The van der Waals surface area contributed by atoms with Gasteiger partial charge < -0.3 is 15.2 Å². The van der Waals surface area contributed by atoms with E-state index < -0.39 is 11.9 Å². The van der Waals surface area contributed by atoms with E-state index in [0.717, 1.165) is 6.07 Å². The summed E-state index contributed by atoms with van der Waals surface area (Å²) in [6.45, 7) is 1.53. The quantitative estimate of drug-likeness (QED) is 0.789. The number of Topliss-reactive ketones (excluding diaryl/α,β-unsaturated/α-hetero) is 1. The van der Waals surface area contributed by atoms with E-state index in [0.29, 0.717) is 0 Å². The van der Waals surface area contributed by atoms with Gasteiger partial charge in [0.05, 0.1) is 25.8 Å². The molecule has 0 aliphatic carbocycles. The Hall–Kier alpha value is -1.62. The van der Waals surface area contributed by atoms with Gasteiger partial charge in [-0.3, -0.25) is 4.79 Å². The lowest BCUT2D eigenvalue weighted by atomic mass is 10.0. The molecule has 16 heavy (non-hydrogen) atoms. The molecule has 4 nitrogen and oxygen atoms in total. The molecule has 1 aromatic carbocycles. The van der Waals surface area contributed by atoms with E-state index >= 15 is 0 Å². The number of nitrogens with two attached hydrogens (primary N) is 1. The summed E-state index contributed by atoms with van der Waals surface area (Å²) in [5.41, 5.74) is 5.57. The highest BCUT2D eigenvalue weighted by Gasteiger charge is 2.19. The van der Waals surface area contributed by atoms with Crippen molar-refractivity contribution in [3.05, 3.63) is 23.5 Å². The summed E-state index contributed by atoms with van der Waals surface area (Å²) >= 11 is 0.